The Morgan fingerprint density at radius 2 is 1.16 bits per heavy atom. The first-order valence-corrected chi connectivity index (χ1v) is 37.8. The van der Waals surface area contributed by atoms with Crippen molar-refractivity contribution in [1.82, 2.24) is 58.1 Å². The van der Waals surface area contributed by atoms with Gasteiger partial charge in [-0.1, -0.05) is 188 Å². The normalized spacial score (nSPS) is 20.5. The molecule has 2 saturated heterocycles. The second kappa shape index (κ2) is 40.5. The summed E-state index contributed by atoms with van der Waals surface area (Å²) in [4.78, 5) is 188. The second-order valence-electron chi connectivity index (χ2n) is 27.6. The average Bonchev–Trinajstić information content (AvgIpc) is 1.72. The van der Waals surface area contributed by atoms with Crippen molar-refractivity contribution in [2.24, 2.45) is 23.3 Å². The molecular weight excluding hydrogens is 1380 g/mol. The summed E-state index contributed by atoms with van der Waals surface area (Å²) in [6.45, 7) is 13.0. The average molecular weight is 1480 g/mol. The summed E-state index contributed by atoms with van der Waals surface area (Å²) in [6.07, 6.45) is -0.525. The Balaban J connectivity index is 1.27. The van der Waals surface area contributed by atoms with E-state index in [9.17, 15) is 52.7 Å². The van der Waals surface area contributed by atoms with Crippen molar-refractivity contribution in [3.63, 3.8) is 0 Å². The third-order valence-electron chi connectivity index (χ3n) is 17.9. The van der Waals surface area contributed by atoms with Gasteiger partial charge in [-0.15, -0.1) is 0 Å². The Hall–Kier alpha value is -9.77. The first kappa shape index (κ1) is 82.5. The van der Waals surface area contributed by atoms with E-state index in [4.69, 9.17) is 11.5 Å². The maximum atomic E-state index is 15.3. The highest BCUT2D eigenvalue weighted by atomic mass is 33.1. The summed E-state index contributed by atoms with van der Waals surface area (Å²) in [6, 6.07) is 24.0. The van der Waals surface area contributed by atoms with Gasteiger partial charge in [0.1, 0.15) is 65.9 Å². The molecule has 0 saturated carbocycles. The molecule has 14 N–H and O–H groups in total. The van der Waals surface area contributed by atoms with Crippen LogP contribution in [0.4, 0.5) is 0 Å². The summed E-state index contributed by atoms with van der Waals surface area (Å²) in [5.41, 5.74) is 19.0. The molecule has 2 fully saturated rings. The van der Waals surface area contributed by atoms with E-state index in [-0.39, 0.29) is 62.7 Å². The molecule has 10 atom stereocenters. The number of benzene rings is 5. The number of rotatable bonds is 25. The number of hydrogen-bond donors (Lipinski definition) is 12. The van der Waals surface area contributed by atoms with E-state index in [0.717, 1.165) is 49.4 Å². The lowest BCUT2D eigenvalue weighted by Gasteiger charge is -2.29. The number of nitrogens with two attached hydrogens (primary N) is 2. The number of carbonyl (C=O) groups is 13. The third kappa shape index (κ3) is 26.1. The van der Waals surface area contributed by atoms with Gasteiger partial charge in [0, 0.05) is 63.2 Å². The predicted molar refractivity (Wildman–Crippen MR) is 402 cm³/mol. The first-order chi connectivity index (χ1) is 50.0. The van der Waals surface area contributed by atoms with Crippen LogP contribution in [0.1, 0.15) is 113 Å². The van der Waals surface area contributed by atoms with Crippen LogP contribution in [0.3, 0.4) is 0 Å². The van der Waals surface area contributed by atoms with E-state index in [0.29, 0.717) is 35.1 Å². The number of amides is 11. The van der Waals surface area contributed by atoms with Crippen LogP contribution in [0.25, 0.3) is 11.1 Å². The molecule has 2 heterocycles. The molecule has 26 nitrogen and oxygen atoms in total. The number of hydrogen-bond acceptors (Lipinski definition) is 17. The summed E-state index contributed by atoms with van der Waals surface area (Å²) in [7, 11) is 1.88. The number of Topliss-reactive ketones (excluding diaryl/α,β-unsaturated/α-hetero) is 2. The standard InChI is InChI=1S/C77H99N13O13S2/c1-44(2)32-57(79)77(103)90-31-13-18-65(90)75(101)87-63-42-104-105-43-64(74(100)86-62(38-52-27-29-56(30-28-52)55-16-10-9-11-17-55)71(97)82-58(33-48(7)91)68(94)80-40-54-15-12-14-53(35-54)39-78)88-76(102)67(45(3)4)89-66(93)41-81-69(95)60(36-50-23-19-46(5)20-24-50)84-72(98)61(37-51-25-21-47(6)22-26-51)85-70(96)59(34-49(8)92)83-73(63)99/h9-12,14-17,19-30,35,44-45,57-65,67H,13,18,31-34,36-43,78-79H2,1-8H3,(H,80,94)(H,81,95)(H,82,97)(H,83,99)(H,84,98)(H,85,96)(H,86,100)(H,87,101)(H,88,102)(H,89,93)/t57-,58-,59-,60-,61-,62-,63-,64-,65-,67-/m0/s1. The molecule has 0 spiro atoms. The van der Waals surface area contributed by atoms with Crippen LogP contribution in [-0.4, -0.2) is 166 Å². The van der Waals surface area contributed by atoms with Crippen molar-refractivity contribution in [1.29, 1.82) is 0 Å². The molecule has 5 aromatic carbocycles. The topological polar surface area (TPSA) is 397 Å². The van der Waals surface area contributed by atoms with Gasteiger partial charge < -0.3 is 69.5 Å². The lowest BCUT2D eigenvalue weighted by Crippen LogP contribution is -2.60. The van der Waals surface area contributed by atoms with Crippen LogP contribution in [0.5, 0.6) is 0 Å². The van der Waals surface area contributed by atoms with Crippen LogP contribution >= 0.6 is 21.6 Å². The van der Waals surface area contributed by atoms with Gasteiger partial charge in [-0.3, -0.25) is 62.3 Å². The van der Waals surface area contributed by atoms with Crippen LogP contribution < -0.4 is 64.6 Å². The van der Waals surface area contributed by atoms with Gasteiger partial charge in [-0.05, 0) is 97.7 Å². The number of nitrogens with one attached hydrogen (secondary N) is 10. The Kier molecular flexibility index (Phi) is 31.8. The SMILES string of the molecule is CC(=O)C[C@H](NC(=O)[C@H](Cc1ccc(-c2ccccc2)cc1)NC(=O)[C@@H]1CSSC[C@H](NC(=O)[C@@H]2CCCN2C(=O)[C@@H](N)CC(C)C)C(=O)N[C@@H](CC(C)=O)C(=O)N[C@@H](Cc2ccc(C)cc2)C(=O)N[C@@H](Cc2ccc(C)cc2)C(=O)NCC(=O)N[C@@H](C(C)C)C(=O)N1)C(=O)NCc1cccc(CN)c1. The minimum absolute atomic E-state index is 0.0159. The van der Waals surface area contributed by atoms with E-state index >= 15 is 9.59 Å². The monoisotopic (exact) mass is 1480 g/mol. The molecule has 0 aromatic heterocycles. The molecule has 2 aliphatic heterocycles. The van der Waals surface area contributed by atoms with Crippen molar-refractivity contribution in [3.8, 4) is 11.1 Å². The summed E-state index contributed by atoms with van der Waals surface area (Å²) >= 11 is 0. The Morgan fingerprint density at radius 3 is 1.76 bits per heavy atom. The number of nitrogens with zero attached hydrogens (tertiary/aromatic N) is 1. The molecule has 0 unspecified atom stereocenters. The van der Waals surface area contributed by atoms with E-state index in [1.165, 1.54) is 18.7 Å². The molecule has 11 amide bonds. The number of carbonyl (C=O) groups excluding carboxylic acids is 13. The number of aryl methyl sites for hydroxylation is 2. The van der Waals surface area contributed by atoms with Crippen LogP contribution in [0.15, 0.2) is 127 Å². The zero-order valence-corrected chi connectivity index (χ0v) is 62.3. The molecule has 0 aliphatic carbocycles. The van der Waals surface area contributed by atoms with E-state index < -0.39 is 162 Å². The summed E-state index contributed by atoms with van der Waals surface area (Å²) in [5, 5.41) is 27.2. The van der Waals surface area contributed by atoms with Crippen molar-refractivity contribution in [3.05, 3.63) is 166 Å². The van der Waals surface area contributed by atoms with Gasteiger partial charge in [0.15, 0.2) is 0 Å². The molecule has 28 heteroatoms. The molecule has 0 bridgehead atoms. The number of ketones is 2. The van der Waals surface area contributed by atoms with Crippen LogP contribution in [-0.2, 0) is 94.7 Å². The molecular formula is C77H99N13O13S2. The van der Waals surface area contributed by atoms with Gasteiger partial charge in [-0.2, -0.15) is 0 Å². The molecule has 2 aliphatic rings. The maximum absolute atomic E-state index is 15.3. The molecule has 562 valence electrons. The van der Waals surface area contributed by atoms with Crippen LogP contribution in [0, 0.1) is 25.7 Å². The summed E-state index contributed by atoms with van der Waals surface area (Å²) in [5.74, 6) is -11.4. The van der Waals surface area contributed by atoms with Gasteiger partial charge in [0.25, 0.3) is 0 Å². The highest BCUT2D eigenvalue weighted by Crippen LogP contribution is 2.26. The fourth-order valence-corrected chi connectivity index (χ4v) is 14.4. The fourth-order valence-electron chi connectivity index (χ4n) is 12.1. The fraction of sp³-hybridized carbons (Fsp3) is 0.442. The van der Waals surface area contributed by atoms with Crippen molar-refractivity contribution < 1.29 is 62.3 Å². The van der Waals surface area contributed by atoms with Gasteiger partial charge in [0.2, 0.25) is 65.0 Å². The third-order valence-corrected chi connectivity index (χ3v) is 20.3. The molecule has 5 aromatic rings. The highest BCUT2D eigenvalue weighted by Gasteiger charge is 2.40. The lowest BCUT2D eigenvalue weighted by molar-refractivity contribution is -0.140. The maximum Gasteiger partial charge on any atom is 0.244 e. The van der Waals surface area contributed by atoms with Crippen molar-refractivity contribution in [2.45, 2.75) is 180 Å². The van der Waals surface area contributed by atoms with E-state index in [1.807, 2.05) is 88.4 Å². The molecule has 105 heavy (non-hydrogen) atoms. The molecule has 7 rings (SSSR count). The van der Waals surface area contributed by atoms with E-state index in [1.54, 1.807) is 80.6 Å². The zero-order chi connectivity index (χ0) is 76.4. The minimum atomic E-state index is -1.68. The van der Waals surface area contributed by atoms with Crippen molar-refractivity contribution in [2.75, 3.05) is 24.6 Å². The Morgan fingerprint density at radius 1 is 0.581 bits per heavy atom. The minimum Gasteiger partial charge on any atom is -0.350 e. The van der Waals surface area contributed by atoms with Gasteiger partial charge in [0.05, 0.1) is 12.6 Å². The van der Waals surface area contributed by atoms with Gasteiger partial charge >= 0.3 is 0 Å². The quantitative estimate of drug-likeness (QED) is 0.0373. The van der Waals surface area contributed by atoms with Gasteiger partial charge in [-0.25, -0.2) is 0 Å². The van der Waals surface area contributed by atoms with Crippen molar-refractivity contribution >= 4 is 98.1 Å². The predicted octanol–water partition coefficient (Wildman–Crippen LogP) is 3.14. The first-order valence-electron chi connectivity index (χ1n) is 35.3. The smallest absolute Gasteiger partial charge is 0.244 e. The summed E-state index contributed by atoms with van der Waals surface area (Å²) < 4.78 is 0. The number of likely N-dealkylation sites (tertiary alicyclic amines) is 1. The second-order valence-corrected chi connectivity index (χ2v) is 30.2. The molecule has 0 radical (unpaired) electrons. The van der Waals surface area contributed by atoms with E-state index in [2.05, 4.69) is 53.2 Å². The highest BCUT2D eigenvalue weighted by molar-refractivity contribution is 8.76. The lowest BCUT2D eigenvalue weighted by atomic mass is 9.99. The van der Waals surface area contributed by atoms with Crippen LogP contribution in [0.2, 0.25) is 0 Å². The zero-order valence-electron chi connectivity index (χ0n) is 60.7. The Bertz CT molecular complexity index is 3880. The largest absolute Gasteiger partial charge is 0.350 e. The Labute approximate surface area is 620 Å².